The number of allylic oxidation sites excluding steroid dienone is 2. The van der Waals surface area contributed by atoms with Gasteiger partial charge in [-0.2, -0.15) is 21.4 Å². The largest absolute Gasteiger partial charge is 0.294 e. The Morgan fingerprint density at radius 3 is 2.41 bits per heavy atom. The van der Waals surface area contributed by atoms with E-state index in [1.807, 2.05) is 67.0 Å². The Balaban J connectivity index is 1.82. The zero-order chi connectivity index (χ0) is 29.8. The summed E-state index contributed by atoms with van der Waals surface area (Å²) in [6, 6.07) is 15.6. The molecule has 3 aromatic carbocycles. The van der Waals surface area contributed by atoms with E-state index >= 15 is 0 Å². The second kappa shape index (κ2) is 12.5. The summed E-state index contributed by atoms with van der Waals surface area (Å²) in [6.45, 7) is 4.15. The molecule has 0 amide bonds. The lowest BCUT2D eigenvalue weighted by atomic mass is 9.79. The number of para-hydroxylation sites is 1. The van der Waals surface area contributed by atoms with E-state index in [1.165, 1.54) is 12.1 Å². The number of aliphatic imine (C=N–C) groups is 1. The maximum Gasteiger partial charge on any atom is 0.294 e. The van der Waals surface area contributed by atoms with Crippen molar-refractivity contribution >= 4 is 66.4 Å². The van der Waals surface area contributed by atoms with Gasteiger partial charge < -0.3 is 0 Å². The third-order valence-corrected chi connectivity index (χ3v) is 8.93. The highest BCUT2D eigenvalue weighted by atomic mass is 32.2. The first-order valence-electron chi connectivity index (χ1n) is 12.4. The van der Waals surface area contributed by atoms with Crippen LogP contribution in [0.4, 0.5) is 11.4 Å². The molecule has 0 atom stereocenters. The number of fused-ring (bicyclic) bond motifs is 3. The maximum absolute atomic E-state index is 12.1. The Kier molecular flexibility index (Phi) is 9.45. The SMILES string of the molecule is CC1(C)C(C=CCC=Nc2ccccc2)=[N+](CCCS(=O)(=O)O)c2ccc3c(SOOO)cc(S(=O)(=O)O)cc3c21. The molecule has 1 aliphatic heterocycles. The molecule has 1 aliphatic rings. The first-order valence-corrected chi connectivity index (χ1v) is 16.2. The van der Waals surface area contributed by atoms with Crippen LogP contribution < -0.4 is 0 Å². The fourth-order valence-electron chi connectivity index (χ4n) is 4.97. The van der Waals surface area contributed by atoms with Gasteiger partial charge in [0.1, 0.15) is 6.54 Å². The minimum absolute atomic E-state index is 0.132. The second-order valence-electron chi connectivity index (χ2n) is 9.76. The summed E-state index contributed by atoms with van der Waals surface area (Å²) in [5.41, 5.74) is 2.35. The molecule has 0 unspecified atom stereocenters. The minimum atomic E-state index is -4.61. The lowest BCUT2D eigenvalue weighted by Crippen LogP contribution is -2.28. The van der Waals surface area contributed by atoms with Crippen molar-refractivity contribution in [2.45, 2.75) is 41.9 Å². The van der Waals surface area contributed by atoms with E-state index in [2.05, 4.69) is 14.4 Å². The third kappa shape index (κ3) is 7.28. The van der Waals surface area contributed by atoms with E-state index in [0.29, 0.717) is 34.9 Å². The summed E-state index contributed by atoms with van der Waals surface area (Å²) in [7, 11) is -8.79. The minimum Gasteiger partial charge on any atom is -0.286 e. The van der Waals surface area contributed by atoms with Gasteiger partial charge in [0.25, 0.3) is 20.2 Å². The van der Waals surface area contributed by atoms with E-state index in [-0.39, 0.29) is 22.8 Å². The number of hydrogen-bond donors (Lipinski definition) is 3. The molecular weight excluding hydrogens is 593 g/mol. The van der Waals surface area contributed by atoms with Crippen molar-refractivity contribution < 1.29 is 45.1 Å². The predicted octanol–water partition coefficient (Wildman–Crippen LogP) is 5.52. The van der Waals surface area contributed by atoms with Gasteiger partial charge in [0.05, 0.1) is 33.8 Å². The molecule has 11 nitrogen and oxygen atoms in total. The molecule has 3 N–H and O–H groups in total. The van der Waals surface area contributed by atoms with Crippen LogP contribution in [-0.2, 0) is 35.0 Å². The van der Waals surface area contributed by atoms with Crippen LogP contribution in [0.3, 0.4) is 0 Å². The Labute approximate surface area is 242 Å². The highest BCUT2D eigenvalue weighted by Gasteiger charge is 2.45. The standard InChI is InChI=1S/C27H28N2O9S3/c1-27(2)25(11-6-7-14-28-19-9-4-3-5-10-19)29(15-8-16-40(31,32)33)23-13-12-21-22(26(23)27)17-20(41(34,35)36)18-24(21)39-38-37-30/h3-6,9-14,17-18H,7-8,15-16H2,1-2H3,(H2-,30,31,32,33,34,35,36)/p+1. The van der Waals surface area contributed by atoms with E-state index in [0.717, 1.165) is 17.0 Å². The first-order chi connectivity index (χ1) is 19.3. The molecule has 0 aliphatic carbocycles. The monoisotopic (exact) mass is 621 g/mol. The van der Waals surface area contributed by atoms with Crippen LogP contribution in [-0.4, -0.2) is 60.0 Å². The molecular formula is C27H29N2O9S3+. The van der Waals surface area contributed by atoms with Crippen molar-refractivity contribution in [1.29, 1.82) is 0 Å². The fraction of sp³-hybridized carbons (Fsp3) is 0.259. The van der Waals surface area contributed by atoms with Crippen molar-refractivity contribution in [2.24, 2.45) is 4.99 Å². The lowest BCUT2D eigenvalue weighted by molar-refractivity contribution is -0.437. The summed E-state index contributed by atoms with van der Waals surface area (Å²) in [6.07, 6.45) is 6.25. The zero-order valence-electron chi connectivity index (χ0n) is 22.2. The van der Waals surface area contributed by atoms with Gasteiger partial charge in [-0.15, -0.1) is 4.33 Å². The topological polar surface area (TPSA) is 163 Å². The van der Waals surface area contributed by atoms with E-state index < -0.39 is 31.4 Å². The van der Waals surface area contributed by atoms with Crippen LogP contribution in [0.5, 0.6) is 0 Å². The lowest BCUT2D eigenvalue weighted by Gasteiger charge is -2.19. The van der Waals surface area contributed by atoms with E-state index in [4.69, 9.17) is 5.26 Å². The summed E-state index contributed by atoms with van der Waals surface area (Å²) in [5, 5.41) is 13.4. The van der Waals surface area contributed by atoms with Crippen LogP contribution in [0.25, 0.3) is 10.8 Å². The summed E-state index contributed by atoms with van der Waals surface area (Å²) >= 11 is 0.570. The third-order valence-electron chi connectivity index (χ3n) is 6.65. The molecule has 0 fully saturated rings. The van der Waals surface area contributed by atoms with Gasteiger partial charge in [0.15, 0.2) is 5.71 Å². The maximum atomic E-state index is 12.1. The van der Waals surface area contributed by atoms with Crippen LogP contribution in [0.1, 0.15) is 32.3 Å². The Morgan fingerprint density at radius 2 is 1.76 bits per heavy atom. The molecule has 218 valence electrons. The van der Waals surface area contributed by atoms with Crippen molar-refractivity contribution in [1.82, 2.24) is 0 Å². The van der Waals surface area contributed by atoms with Crippen molar-refractivity contribution in [3.63, 3.8) is 0 Å². The van der Waals surface area contributed by atoms with Crippen LogP contribution >= 0.6 is 12.0 Å². The van der Waals surface area contributed by atoms with Crippen molar-refractivity contribution in [2.75, 3.05) is 12.3 Å². The molecule has 14 heteroatoms. The molecule has 0 spiro atoms. The molecule has 3 aromatic rings. The molecule has 1 heterocycles. The second-order valence-corrected chi connectivity index (χ2v) is 13.5. The summed E-state index contributed by atoms with van der Waals surface area (Å²) in [5.74, 6) is -0.431. The fourth-order valence-corrected chi connectivity index (χ4v) is 6.62. The normalized spacial score (nSPS) is 15.4. The number of rotatable bonds is 12. The van der Waals surface area contributed by atoms with Gasteiger partial charge in [-0.3, -0.25) is 14.1 Å². The van der Waals surface area contributed by atoms with Crippen molar-refractivity contribution in [3.05, 3.63) is 72.3 Å². The molecule has 41 heavy (non-hydrogen) atoms. The number of hydrogen-bond acceptors (Lipinski definition) is 9. The van der Waals surface area contributed by atoms with Crippen LogP contribution in [0.15, 0.2) is 81.5 Å². The van der Waals surface area contributed by atoms with Gasteiger partial charge in [-0.25, -0.2) is 5.26 Å². The van der Waals surface area contributed by atoms with Gasteiger partial charge in [0.2, 0.25) is 5.69 Å². The molecule has 0 saturated heterocycles. The number of nitrogens with zero attached hydrogens (tertiary/aromatic N) is 2. The smallest absolute Gasteiger partial charge is 0.286 e. The van der Waals surface area contributed by atoms with Gasteiger partial charge in [-0.05, 0) is 55.0 Å². The van der Waals surface area contributed by atoms with Gasteiger partial charge in [-0.1, -0.05) is 29.3 Å². The zero-order valence-corrected chi connectivity index (χ0v) is 24.6. The van der Waals surface area contributed by atoms with Gasteiger partial charge >= 0.3 is 0 Å². The predicted molar refractivity (Wildman–Crippen MR) is 157 cm³/mol. The Hall–Kier alpha value is -2.95. The van der Waals surface area contributed by atoms with Crippen LogP contribution in [0, 0.1) is 0 Å². The number of benzene rings is 3. The van der Waals surface area contributed by atoms with E-state index in [9.17, 15) is 25.9 Å². The van der Waals surface area contributed by atoms with Crippen molar-refractivity contribution in [3.8, 4) is 0 Å². The highest BCUT2D eigenvalue weighted by molar-refractivity contribution is 7.94. The Bertz CT molecular complexity index is 1750. The quantitative estimate of drug-likeness (QED) is 0.0586. The van der Waals surface area contributed by atoms with Crippen LogP contribution in [0.2, 0.25) is 0 Å². The van der Waals surface area contributed by atoms with Gasteiger partial charge in [0, 0.05) is 41.7 Å². The molecule has 0 aromatic heterocycles. The highest BCUT2D eigenvalue weighted by Crippen LogP contribution is 2.46. The molecule has 4 rings (SSSR count). The molecule has 0 saturated carbocycles. The summed E-state index contributed by atoms with van der Waals surface area (Å²) in [4.78, 5) is 4.32. The average molecular weight is 622 g/mol. The molecule has 0 radical (unpaired) electrons. The summed E-state index contributed by atoms with van der Waals surface area (Å²) < 4.78 is 72.8. The van der Waals surface area contributed by atoms with E-state index in [1.54, 1.807) is 12.3 Å². The average Bonchev–Trinajstić information content (AvgIpc) is 3.12. The molecule has 0 bridgehead atoms. The Morgan fingerprint density at radius 1 is 1.02 bits per heavy atom. The first kappa shape index (κ1) is 31.0.